The molecule has 2 nitrogen and oxygen atoms in total. The summed E-state index contributed by atoms with van der Waals surface area (Å²) in [5.41, 5.74) is 6.61. The number of halogens is 1. The summed E-state index contributed by atoms with van der Waals surface area (Å²) in [6.07, 6.45) is 4.13. The van der Waals surface area contributed by atoms with Crippen LogP contribution < -0.4 is 5.73 Å². The molecule has 3 heteroatoms. The van der Waals surface area contributed by atoms with E-state index in [1.165, 1.54) is 31.4 Å². The Bertz CT molecular complexity index is 433. The minimum Gasteiger partial charge on any atom is -0.388 e. The summed E-state index contributed by atoms with van der Waals surface area (Å²) < 4.78 is 12.9. The molecule has 2 aliphatic carbocycles. The molecule has 0 amide bonds. The summed E-state index contributed by atoms with van der Waals surface area (Å²) in [6.45, 7) is 0.521. The van der Waals surface area contributed by atoms with Gasteiger partial charge in [-0.1, -0.05) is 18.6 Å². The Morgan fingerprint density at radius 3 is 2.56 bits per heavy atom. The van der Waals surface area contributed by atoms with Crippen LogP contribution in [0.4, 0.5) is 4.39 Å². The van der Waals surface area contributed by atoms with E-state index in [1.54, 1.807) is 12.1 Å². The molecular formula is C15H20FNO. The molecular weight excluding hydrogens is 229 g/mol. The molecule has 0 saturated heterocycles. The van der Waals surface area contributed by atoms with Crippen LogP contribution in [-0.2, 0) is 0 Å². The van der Waals surface area contributed by atoms with Gasteiger partial charge in [0.1, 0.15) is 5.82 Å². The zero-order valence-electron chi connectivity index (χ0n) is 10.5. The minimum absolute atomic E-state index is 0.180. The van der Waals surface area contributed by atoms with Crippen molar-refractivity contribution in [3.05, 3.63) is 35.6 Å². The van der Waals surface area contributed by atoms with Gasteiger partial charge in [0.25, 0.3) is 0 Å². The number of hydrogen-bond donors (Lipinski definition) is 2. The highest BCUT2D eigenvalue weighted by atomic mass is 19.1. The quantitative estimate of drug-likeness (QED) is 0.865. The Morgan fingerprint density at radius 1 is 1.33 bits per heavy atom. The SMILES string of the molecule is NCC1(C(O)c2ccc(F)cc2)CC2CCC1C2. The zero-order chi connectivity index (χ0) is 12.8. The maximum Gasteiger partial charge on any atom is 0.123 e. The van der Waals surface area contributed by atoms with Gasteiger partial charge in [0.05, 0.1) is 6.10 Å². The van der Waals surface area contributed by atoms with E-state index in [4.69, 9.17) is 5.73 Å². The van der Waals surface area contributed by atoms with Crippen LogP contribution in [0.15, 0.2) is 24.3 Å². The van der Waals surface area contributed by atoms with Crippen molar-refractivity contribution in [1.82, 2.24) is 0 Å². The van der Waals surface area contributed by atoms with Crippen LogP contribution in [0.2, 0.25) is 0 Å². The van der Waals surface area contributed by atoms with Gasteiger partial charge in [0, 0.05) is 12.0 Å². The van der Waals surface area contributed by atoms with E-state index in [0.717, 1.165) is 17.9 Å². The van der Waals surface area contributed by atoms with Crippen molar-refractivity contribution < 1.29 is 9.50 Å². The van der Waals surface area contributed by atoms with Gasteiger partial charge in [-0.25, -0.2) is 4.39 Å². The number of benzene rings is 1. The highest BCUT2D eigenvalue weighted by molar-refractivity contribution is 5.23. The molecule has 2 bridgehead atoms. The van der Waals surface area contributed by atoms with Crippen molar-refractivity contribution >= 4 is 0 Å². The molecule has 0 heterocycles. The van der Waals surface area contributed by atoms with Gasteiger partial charge in [0.15, 0.2) is 0 Å². The van der Waals surface area contributed by atoms with Gasteiger partial charge < -0.3 is 10.8 Å². The smallest absolute Gasteiger partial charge is 0.123 e. The first-order valence-corrected chi connectivity index (χ1v) is 6.79. The summed E-state index contributed by atoms with van der Waals surface area (Å²) in [5, 5.41) is 10.7. The first-order chi connectivity index (χ1) is 8.65. The third-order valence-electron chi connectivity index (χ3n) is 5.13. The summed E-state index contributed by atoms with van der Waals surface area (Å²) in [5.74, 6) is 1.00. The van der Waals surface area contributed by atoms with E-state index >= 15 is 0 Å². The van der Waals surface area contributed by atoms with E-state index in [0.29, 0.717) is 12.5 Å². The molecule has 3 rings (SSSR count). The highest BCUT2D eigenvalue weighted by Gasteiger charge is 2.54. The second-order valence-electron chi connectivity index (χ2n) is 5.97. The second kappa shape index (κ2) is 4.32. The number of hydrogen-bond acceptors (Lipinski definition) is 2. The van der Waals surface area contributed by atoms with Crippen LogP contribution in [0.1, 0.15) is 37.4 Å². The largest absolute Gasteiger partial charge is 0.388 e. The fraction of sp³-hybridized carbons (Fsp3) is 0.600. The Hall–Kier alpha value is -0.930. The molecule has 2 saturated carbocycles. The van der Waals surface area contributed by atoms with Crippen molar-refractivity contribution in [3.8, 4) is 0 Å². The van der Waals surface area contributed by atoms with Crippen molar-refractivity contribution in [1.29, 1.82) is 0 Å². The van der Waals surface area contributed by atoms with Crippen molar-refractivity contribution in [3.63, 3.8) is 0 Å². The number of aliphatic hydroxyl groups is 1. The van der Waals surface area contributed by atoms with Crippen molar-refractivity contribution in [2.45, 2.75) is 31.8 Å². The lowest BCUT2D eigenvalue weighted by atomic mass is 9.67. The van der Waals surface area contributed by atoms with E-state index in [2.05, 4.69) is 0 Å². The average Bonchev–Trinajstić information content (AvgIpc) is 2.99. The van der Waals surface area contributed by atoms with Gasteiger partial charge in [-0.3, -0.25) is 0 Å². The molecule has 0 aromatic heterocycles. The number of aliphatic hydroxyl groups excluding tert-OH is 1. The molecule has 2 aliphatic rings. The molecule has 98 valence electrons. The van der Waals surface area contributed by atoms with E-state index in [9.17, 15) is 9.50 Å². The van der Waals surface area contributed by atoms with Crippen LogP contribution in [-0.4, -0.2) is 11.7 Å². The highest BCUT2D eigenvalue weighted by Crippen LogP contribution is 2.60. The van der Waals surface area contributed by atoms with Crippen molar-refractivity contribution in [2.24, 2.45) is 23.0 Å². The maximum atomic E-state index is 12.9. The van der Waals surface area contributed by atoms with Gasteiger partial charge in [-0.2, -0.15) is 0 Å². The molecule has 18 heavy (non-hydrogen) atoms. The molecule has 3 N–H and O–H groups in total. The zero-order valence-corrected chi connectivity index (χ0v) is 10.5. The lowest BCUT2D eigenvalue weighted by Crippen LogP contribution is -2.41. The van der Waals surface area contributed by atoms with Gasteiger partial charge in [-0.15, -0.1) is 0 Å². The molecule has 1 aromatic rings. The molecule has 4 unspecified atom stereocenters. The summed E-state index contributed by atoms with van der Waals surface area (Å²) in [6, 6.07) is 6.19. The lowest BCUT2D eigenvalue weighted by molar-refractivity contribution is -0.0130. The van der Waals surface area contributed by atoms with E-state index in [1.807, 2.05) is 0 Å². The lowest BCUT2D eigenvalue weighted by Gasteiger charge is -2.41. The Labute approximate surface area is 107 Å². The van der Waals surface area contributed by atoms with Gasteiger partial charge in [0.2, 0.25) is 0 Å². The average molecular weight is 249 g/mol. The standard InChI is InChI=1S/C15H20FNO/c16-13-5-2-11(3-6-13)14(18)15(9-17)8-10-1-4-12(15)7-10/h2-3,5-6,10,12,14,18H,1,4,7-9,17H2. The third kappa shape index (κ3) is 1.69. The number of fused-ring (bicyclic) bond motifs is 2. The fourth-order valence-electron chi connectivity index (χ4n) is 4.16. The summed E-state index contributed by atoms with van der Waals surface area (Å²) in [7, 11) is 0. The van der Waals surface area contributed by atoms with E-state index < -0.39 is 6.10 Å². The van der Waals surface area contributed by atoms with Crippen LogP contribution in [0.5, 0.6) is 0 Å². The van der Waals surface area contributed by atoms with Crippen LogP contribution >= 0.6 is 0 Å². The number of rotatable bonds is 3. The Morgan fingerprint density at radius 2 is 2.06 bits per heavy atom. The Balaban J connectivity index is 1.90. The topological polar surface area (TPSA) is 46.2 Å². The predicted molar refractivity (Wildman–Crippen MR) is 68.3 cm³/mol. The molecule has 0 radical (unpaired) electrons. The molecule has 2 fully saturated rings. The Kier molecular flexibility index (Phi) is 2.91. The van der Waals surface area contributed by atoms with Gasteiger partial charge in [-0.05, 0) is 48.8 Å². The van der Waals surface area contributed by atoms with Crippen LogP contribution in [0.25, 0.3) is 0 Å². The second-order valence-corrected chi connectivity index (χ2v) is 5.97. The van der Waals surface area contributed by atoms with Gasteiger partial charge >= 0.3 is 0 Å². The molecule has 1 aromatic carbocycles. The molecule has 0 spiro atoms. The predicted octanol–water partition coefficient (Wildman–Crippen LogP) is 2.62. The third-order valence-corrected chi connectivity index (χ3v) is 5.13. The fourth-order valence-corrected chi connectivity index (χ4v) is 4.16. The monoisotopic (exact) mass is 249 g/mol. The van der Waals surface area contributed by atoms with Crippen LogP contribution in [0.3, 0.4) is 0 Å². The van der Waals surface area contributed by atoms with Crippen LogP contribution in [0, 0.1) is 23.1 Å². The van der Waals surface area contributed by atoms with Crippen molar-refractivity contribution in [2.75, 3.05) is 6.54 Å². The first kappa shape index (κ1) is 12.1. The first-order valence-electron chi connectivity index (χ1n) is 6.79. The molecule has 4 atom stereocenters. The summed E-state index contributed by atoms with van der Waals surface area (Å²) >= 11 is 0. The van der Waals surface area contributed by atoms with E-state index in [-0.39, 0.29) is 11.2 Å². The minimum atomic E-state index is -0.557. The molecule has 0 aliphatic heterocycles. The number of nitrogens with two attached hydrogens (primary N) is 1. The maximum absolute atomic E-state index is 12.9. The summed E-state index contributed by atoms with van der Waals surface area (Å²) in [4.78, 5) is 0. The normalized spacial score (nSPS) is 35.9.